The normalized spacial score (nSPS) is 9.54. The van der Waals surface area contributed by atoms with Gasteiger partial charge in [0.25, 0.3) is 0 Å². The van der Waals surface area contributed by atoms with Crippen molar-refractivity contribution in [3.05, 3.63) is 35.9 Å². The van der Waals surface area contributed by atoms with E-state index in [0.29, 0.717) is 5.75 Å². The molecule has 0 aromatic heterocycles. The lowest BCUT2D eigenvalue weighted by atomic mass is 10.2. The monoisotopic (exact) mass is 246 g/mol. The Kier molecular flexibility index (Phi) is 4.81. The second-order valence-electron chi connectivity index (χ2n) is 2.29. The van der Waals surface area contributed by atoms with Crippen molar-refractivity contribution in [2.75, 3.05) is 5.75 Å². The summed E-state index contributed by atoms with van der Waals surface area (Å²) in [4.78, 5) is 11.4. The van der Waals surface area contributed by atoms with Crippen LogP contribution in [0, 0.1) is 0 Å². The van der Waals surface area contributed by atoms with E-state index in [1.54, 1.807) is 12.1 Å². The predicted octanol–water partition coefficient (Wildman–Crippen LogP) is 2.92. The van der Waals surface area contributed by atoms with Crippen LogP contribution in [0.15, 0.2) is 30.3 Å². The number of hydrogen-bond acceptors (Lipinski definition) is 4. The van der Waals surface area contributed by atoms with E-state index in [1.807, 2.05) is 18.2 Å². The van der Waals surface area contributed by atoms with Crippen molar-refractivity contribution >= 4 is 45.5 Å². The molecule has 0 saturated carbocycles. The van der Waals surface area contributed by atoms with Gasteiger partial charge in [-0.25, -0.2) is 0 Å². The smallest absolute Gasteiger partial charge is 0.173 e. The first-order chi connectivity index (χ1) is 6.20. The summed E-state index contributed by atoms with van der Waals surface area (Å²) in [5.74, 6) is 0.510. The first kappa shape index (κ1) is 11.1. The van der Waals surface area contributed by atoms with Crippen LogP contribution in [0.5, 0.6) is 0 Å². The fourth-order valence-electron chi connectivity index (χ4n) is 0.819. The summed E-state index contributed by atoms with van der Waals surface area (Å²) >= 11 is 11.1. The van der Waals surface area contributed by atoms with Gasteiger partial charge in [-0.1, -0.05) is 41.7 Å². The van der Waals surface area contributed by atoms with Gasteiger partial charge in [0, 0.05) is 5.56 Å². The minimum atomic E-state index is -0.861. The van der Waals surface area contributed by atoms with Crippen molar-refractivity contribution in [1.82, 2.24) is 0 Å². The highest BCUT2D eigenvalue weighted by atomic mass is 33.1. The van der Waals surface area contributed by atoms with E-state index < -0.39 is 4.67 Å². The van der Waals surface area contributed by atoms with Crippen molar-refractivity contribution in [3.8, 4) is 0 Å². The first-order valence-electron chi connectivity index (χ1n) is 3.55. The molecule has 5 heteroatoms. The molecule has 0 heterocycles. The molecule has 1 nitrogen and oxygen atoms in total. The zero-order valence-corrected chi connectivity index (χ0v) is 10.0. The molecule has 0 aliphatic rings. The van der Waals surface area contributed by atoms with Crippen molar-refractivity contribution in [2.45, 2.75) is 0 Å². The highest BCUT2D eigenvalue weighted by molar-refractivity contribution is 8.72. The predicted molar refractivity (Wildman–Crippen MR) is 64.9 cm³/mol. The highest BCUT2D eigenvalue weighted by Gasteiger charge is 2.03. The van der Waals surface area contributed by atoms with Gasteiger partial charge >= 0.3 is 0 Å². The van der Waals surface area contributed by atoms with E-state index in [2.05, 4.69) is 0 Å². The number of benzene rings is 1. The van der Waals surface area contributed by atoms with Crippen molar-refractivity contribution < 1.29 is 4.79 Å². The highest BCUT2D eigenvalue weighted by Crippen LogP contribution is 2.26. The van der Waals surface area contributed by atoms with E-state index in [0.717, 1.165) is 5.56 Å². The SMILES string of the molecule is O=C(CSP(=S)=S)c1ccccc1. The lowest BCUT2D eigenvalue weighted by Gasteiger charge is -1.96. The largest absolute Gasteiger partial charge is 0.293 e. The minimum Gasteiger partial charge on any atom is -0.293 e. The number of ketones is 1. The quantitative estimate of drug-likeness (QED) is 0.600. The molecule has 0 aliphatic carbocycles. The van der Waals surface area contributed by atoms with Crippen LogP contribution >= 0.6 is 16.1 Å². The molecule has 13 heavy (non-hydrogen) atoms. The molecule has 0 radical (unpaired) electrons. The summed E-state index contributed by atoms with van der Waals surface area (Å²) in [5, 5.41) is 0. The van der Waals surface area contributed by atoms with E-state index in [4.69, 9.17) is 23.6 Å². The molecule has 1 aromatic rings. The van der Waals surface area contributed by atoms with Gasteiger partial charge in [0.15, 0.2) is 5.78 Å². The molecular weight excluding hydrogens is 239 g/mol. The van der Waals surface area contributed by atoms with Gasteiger partial charge in [-0.05, 0) is 23.6 Å². The third-order valence-electron chi connectivity index (χ3n) is 1.40. The topological polar surface area (TPSA) is 17.1 Å². The van der Waals surface area contributed by atoms with Crippen molar-refractivity contribution in [3.63, 3.8) is 0 Å². The standard InChI is InChI=1S/C8H7OPS3/c9-8(6-13-10(11)12)7-4-2-1-3-5-7/h1-5H,6H2. The van der Waals surface area contributed by atoms with Crippen LogP contribution in [0.3, 0.4) is 0 Å². The number of rotatable bonds is 4. The summed E-state index contributed by atoms with van der Waals surface area (Å²) in [6, 6.07) is 9.19. The minimum absolute atomic E-state index is 0.104. The molecule has 0 spiro atoms. The van der Waals surface area contributed by atoms with Crippen LogP contribution in [-0.2, 0) is 23.6 Å². The second-order valence-corrected chi connectivity index (χ2v) is 9.42. The molecule has 68 valence electrons. The van der Waals surface area contributed by atoms with Crippen molar-refractivity contribution in [1.29, 1.82) is 0 Å². The van der Waals surface area contributed by atoms with Gasteiger partial charge in [-0.2, -0.15) is 0 Å². The Morgan fingerprint density at radius 1 is 1.31 bits per heavy atom. The number of hydrogen-bond donors (Lipinski definition) is 0. The molecule has 0 bridgehead atoms. The molecule has 0 N–H and O–H groups in total. The summed E-state index contributed by atoms with van der Waals surface area (Å²) in [6.45, 7) is 0. The summed E-state index contributed by atoms with van der Waals surface area (Å²) < 4.78 is -0.861. The van der Waals surface area contributed by atoms with Crippen LogP contribution in [0.4, 0.5) is 0 Å². The summed E-state index contributed by atoms with van der Waals surface area (Å²) in [5.41, 5.74) is 0.733. The third-order valence-corrected chi connectivity index (χ3v) is 4.92. The second kappa shape index (κ2) is 5.66. The fraction of sp³-hybridized carbons (Fsp3) is 0.125. The molecule has 0 aliphatic heterocycles. The van der Waals surface area contributed by atoms with E-state index in [9.17, 15) is 4.79 Å². The average molecular weight is 246 g/mol. The molecule has 0 atom stereocenters. The lowest BCUT2D eigenvalue weighted by molar-refractivity contribution is 0.102. The van der Waals surface area contributed by atoms with Crippen LogP contribution in [-0.4, -0.2) is 11.5 Å². The molecule has 0 saturated heterocycles. The van der Waals surface area contributed by atoms with Gasteiger partial charge in [0.1, 0.15) is 0 Å². The Hall–Kier alpha value is -0.0200. The van der Waals surface area contributed by atoms with Crippen LogP contribution < -0.4 is 0 Å². The van der Waals surface area contributed by atoms with E-state index >= 15 is 0 Å². The van der Waals surface area contributed by atoms with E-state index in [1.165, 1.54) is 11.4 Å². The summed E-state index contributed by atoms with van der Waals surface area (Å²) in [6.07, 6.45) is 0. The Morgan fingerprint density at radius 3 is 2.46 bits per heavy atom. The maximum absolute atomic E-state index is 11.4. The Labute approximate surface area is 91.8 Å². The lowest BCUT2D eigenvalue weighted by Crippen LogP contribution is -2.00. The molecule has 0 unspecified atom stereocenters. The van der Waals surface area contributed by atoms with Crippen LogP contribution in [0.1, 0.15) is 10.4 Å². The number of carbonyl (C=O) groups excluding carboxylic acids is 1. The maximum Gasteiger partial charge on any atom is 0.173 e. The van der Waals surface area contributed by atoms with Crippen LogP contribution in [0.2, 0.25) is 0 Å². The molecule has 0 amide bonds. The van der Waals surface area contributed by atoms with Crippen molar-refractivity contribution in [2.24, 2.45) is 0 Å². The van der Waals surface area contributed by atoms with Gasteiger partial charge in [0.2, 0.25) is 0 Å². The first-order valence-corrected chi connectivity index (χ1v) is 8.51. The van der Waals surface area contributed by atoms with Gasteiger partial charge in [-0.15, -0.1) is 0 Å². The summed E-state index contributed by atoms with van der Waals surface area (Å²) in [7, 11) is 0. The fourth-order valence-corrected chi connectivity index (χ4v) is 2.82. The van der Waals surface area contributed by atoms with Crippen LogP contribution in [0.25, 0.3) is 0 Å². The zero-order valence-electron chi connectivity index (χ0n) is 6.67. The Morgan fingerprint density at radius 2 is 1.92 bits per heavy atom. The van der Waals surface area contributed by atoms with Gasteiger partial charge < -0.3 is 0 Å². The molecule has 0 fully saturated rings. The van der Waals surface area contributed by atoms with E-state index in [-0.39, 0.29) is 5.78 Å². The molecule has 1 aromatic carbocycles. The van der Waals surface area contributed by atoms with Gasteiger partial charge in [-0.3, -0.25) is 4.79 Å². The number of Topliss-reactive ketones (excluding diaryl/α,β-unsaturated/α-hetero) is 1. The third kappa shape index (κ3) is 4.14. The Balaban J connectivity index is 2.59. The van der Waals surface area contributed by atoms with Gasteiger partial charge in [0.05, 0.1) is 10.4 Å². The molecule has 1 rings (SSSR count). The Bertz CT molecular complexity index is 351. The molecular formula is C8H7OPS3. The zero-order chi connectivity index (χ0) is 9.68. The maximum atomic E-state index is 11.4. The number of carbonyl (C=O) groups is 1. The average Bonchev–Trinajstić information content (AvgIpc) is 2.15.